The first kappa shape index (κ1) is 16.8. The van der Waals surface area contributed by atoms with Crippen molar-refractivity contribution < 1.29 is 14.3 Å². The van der Waals surface area contributed by atoms with Gasteiger partial charge in [-0.15, -0.1) is 0 Å². The van der Waals surface area contributed by atoms with Crippen LogP contribution in [-0.2, 0) is 6.54 Å². The third-order valence-corrected chi connectivity index (χ3v) is 5.40. The van der Waals surface area contributed by atoms with Crippen molar-refractivity contribution >= 4 is 11.6 Å². The SMILES string of the molecule is COc1cc(-c2ccc3c(c2)CN(c2cn[nH]c2C2CC2)C3=O)cnc1OC. The molecule has 0 spiro atoms. The van der Waals surface area contributed by atoms with Crippen molar-refractivity contribution in [3.8, 4) is 22.8 Å². The normalized spacial score (nSPS) is 15.6. The summed E-state index contributed by atoms with van der Waals surface area (Å²) in [6.07, 6.45) is 5.82. The van der Waals surface area contributed by atoms with E-state index in [2.05, 4.69) is 15.2 Å². The summed E-state index contributed by atoms with van der Waals surface area (Å²) in [5.74, 6) is 1.55. The molecule has 1 saturated carbocycles. The number of ether oxygens (including phenoxy) is 2. The summed E-state index contributed by atoms with van der Waals surface area (Å²) in [6, 6.07) is 7.78. The van der Waals surface area contributed by atoms with Gasteiger partial charge in [0.1, 0.15) is 0 Å². The molecule has 1 N–H and O–H groups in total. The number of methoxy groups -OCH3 is 2. The zero-order valence-electron chi connectivity index (χ0n) is 15.7. The minimum absolute atomic E-state index is 0.0234. The van der Waals surface area contributed by atoms with Crippen LogP contribution in [0.3, 0.4) is 0 Å². The van der Waals surface area contributed by atoms with E-state index in [9.17, 15) is 4.79 Å². The van der Waals surface area contributed by atoms with Gasteiger partial charge in [0.25, 0.3) is 11.8 Å². The Balaban J connectivity index is 1.48. The molecule has 2 aliphatic rings. The molecule has 2 aromatic heterocycles. The number of anilines is 1. The number of aromatic nitrogens is 3. The van der Waals surface area contributed by atoms with Crippen LogP contribution in [0.4, 0.5) is 5.69 Å². The second kappa shape index (κ2) is 6.37. The number of fused-ring (bicyclic) bond motifs is 1. The van der Waals surface area contributed by atoms with E-state index < -0.39 is 0 Å². The molecule has 1 fully saturated rings. The number of nitrogens with one attached hydrogen (secondary N) is 1. The smallest absolute Gasteiger partial charge is 0.259 e. The molecule has 28 heavy (non-hydrogen) atoms. The number of H-pyrrole nitrogens is 1. The van der Waals surface area contributed by atoms with Gasteiger partial charge < -0.3 is 14.4 Å². The van der Waals surface area contributed by atoms with Crippen molar-refractivity contribution in [2.75, 3.05) is 19.1 Å². The van der Waals surface area contributed by atoms with E-state index in [0.29, 0.717) is 24.1 Å². The van der Waals surface area contributed by atoms with Crippen LogP contribution in [0.15, 0.2) is 36.7 Å². The number of carbonyl (C=O) groups excluding carboxylic acids is 1. The summed E-state index contributed by atoms with van der Waals surface area (Å²) in [7, 11) is 3.15. The van der Waals surface area contributed by atoms with Crippen molar-refractivity contribution in [3.05, 3.63) is 53.5 Å². The van der Waals surface area contributed by atoms with Crippen LogP contribution >= 0.6 is 0 Å². The minimum Gasteiger partial charge on any atom is -0.491 e. The van der Waals surface area contributed by atoms with Crippen LogP contribution in [0.5, 0.6) is 11.6 Å². The van der Waals surface area contributed by atoms with Crippen LogP contribution < -0.4 is 14.4 Å². The molecule has 3 heterocycles. The molecule has 142 valence electrons. The average Bonchev–Trinajstić information content (AvgIpc) is 3.37. The first-order chi connectivity index (χ1) is 13.7. The Hall–Kier alpha value is -3.35. The largest absolute Gasteiger partial charge is 0.491 e. The molecule has 5 rings (SSSR count). The number of rotatable bonds is 5. The second-order valence-electron chi connectivity index (χ2n) is 7.14. The van der Waals surface area contributed by atoms with Gasteiger partial charge in [0.05, 0.1) is 38.3 Å². The Kier molecular flexibility index (Phi) is 3.82. The molecule has 0 bridgehead atoms. The zero-order chi connectivity index (χ0) is 19.3. The van der Waals surface area contributed by atoms with Crippen LogP contribution in [0.2, 0.25) is 0 Å². The maximum absolute atomic E-state index is 13.0. The van der Waals surface area contributed by atoms with Crippen LogP contribution in [-0.4, -0.2) is 35.3 Å². The molecule has 1 aromatic carbocycles. The highest BCUT2D eigenvalue weighted by molar-refractivity contribution is 6.10. The van der Waals surface area contributed by atoms with Crippen molar-refractivity contribution in [1.82, 2.24) is 15.2 Å². The predicted octanol–water partition coefficient (Wildman–Crippen LogP) is 3.53. The van der Waals surface area contributed by atoms with E-state index in [0.717, 1.165) is 46.5 Å². The average molecular weight is 376 g/mol. The number of nitrogens with zero attached hydrogens (tertiary/aromatic N) is 3. The third kappa shape index (κ3) is 2.62. The number of amides is 1. The van der Waals surface area contributed by atoms with Crippen LogP contribution in [0, 0.1) is 0 Å². The highest BCUT2D eigenvalue weighted by atomic mass is 16.5. The van der Waals surface area contributed by atoms with E-state index in [1.807, 2.05) is 29.2 Å². The van der Waals surface area contributed by atoms with E-state index >= 15 is 0 Å². The van der Waals surface area contributed by atoms with Gasteiger partial charge >= 0.3 is 0 Å². The molecule has 3 aromatic rings. The quantitative estimate of drug-likeness (QED) is 0.737. The van der Waals surface area contributed by atoms with Gasteiger partial charge in [0.15, 0.2) is 5.75 Å². The van der Waals surface area contributed by atoms with Crippen LogP contribution in [0.25, 0.3) is 11.1 Å². The maximum Gasteiger partial charge on any atom is 0.259 e. The van der Waals surface area contributed by atoms with Gasteiger partial charge in [-0.3, -0.25) is 9.89 Å². The Bertz CT molecular complexity index is 1070. The van der Waals surface area contributed by atoms with Gasteiger partial charge in [0, 0.05) is 23.2 Å². The number of benzene rings is 1. The monoisotopic (exact) mass is 376 g/mol. The number of pyridine rings is 1. The van der Waals surface area contributed by atoms with Gasteiger partial charge in [0.2, 0.25) is 0 Å². The molecule has 0 radical (unpaired) electrons. The highest BCUT2D eigenvalue weighted by Gasteiger charge is 2.35. The molecule has 1 amide bonds. The Morgan fingerprint density at radius 3 is 2.71 bits per heavy atom. The lowest BCUT2D eigenvalue weighted by Gasteiger charge is -2.15. The Morgan fingerprint density at radius 1 is 1.11 bits per heavy atom. The maximum atomic E-state index is 13.0. The molecule has 7 nitrogen and oxygen atoms in total. The fourth-order valence-electron chi connectivity index (χ4n) is 3.76. The topological polar surface area (TPSA) is 80.3 Å². The highest BCUT2D eigenvalue weighted by Crippen LogP contribution is 2.44. The van der Waals surface area contributed by atoms with E-state index in [1.165, 1.54) is 0 Å². The van der Waals surface area contributed by atoms with Gasteiger partial charge in [-0.25, -0.2) is 4.98 Å². The van der Waals surface area contributed by atoms with Gasteiger partial charge in [-0.1, -0.05) is 6.07 Å². The second-order valence-corrected chi connectivity index (χ2v) is 7.14. The first-order valence-corrected chi connectivity index (χ1v) is 9.26. The first-order valence-electron chi connectivity index (χ1n) is 9.26. The lowest BCUT2D eigenvalue weighted by atomic mass is 10.0. The van der Waals surface area contributed by atoms with Crippen molar-refractivity contribution in [2.45, 2.75) is 25.3 Å². The number of hydrogen-bond acceptors (Lipinski definition) is 5. The lowest BCUT2D eigenvalue weighted by Crippen LogP contribution is -2.23. The summed E-state index contributed by atoms with van der Waals surface area (Å²) in [6.45, 7) is 0.544. The van der Waals surface area contributed by atoms with Gasteiger partial charge in [-0.2, -0.15) is 5.10 Å². The van der Waals surface area contributed by atoms with E-state index in [4.69, 9.17) is 9.47 Å². The molecule has 1 aliphatic carbocycles. The van der Waals surface area contributed by atoms with Crippen LogP contribution in [0.1, 0.15) is 40.4 Å². The lowest BCUT2D eigenvalue weighted by molar-refractivity contribution is 0.0996. The predicted molar refractivity (Wildman–Crippen MR) is 104 cm³/mol. The van der Waals surface area contributed by atoms with Crippen molar-refractivity contribution in [1.29, 1.82) is 0 Å². The molecular formula is C21H20N4O3. The molecule has 7 heteroatoms. The summed E-state index contributed by atoms with van der Waals surface area (Å²) >= 11 is 0. The zero-order valence-corrected chi connectivity index (χ0v) is 15.7. The summed E-state index contributed by atoms with van der Waals surface area (Å²) < 4.78 is 10.6. The Morgan fingerprint density at radius 2 is 1.96 bits per heavy atom. The summed E-state index contributed by atoms with van der Waals surface area (Å²) in [5.41, 5.74) is 5.61. The standard InChI is InChI=1S/C21H20N4O3/c1-27-18-8-14(9-22-20(18)28-2)13-5-6-16-15(7-13)11-25(21(16)26)17-10-23-24-19(17)12-3-4-12/h5-10,12H,3-4,11H2,1-2H3,(H,23,24). The molecular weight excluding hydrogens is 356 g/mol. The van der Waals surface area contributed by atoms with Crippen molar-refractivity contribution in [3.63, 3.8) is 0 Å². The fourth-order valence-corrected chi connectivity index (χ4v) is 3.76. The van der Waals surface area contributed by atoms with E-state index in [-0.39, 0.29) is 5.91 Å². The Labute approximate surface area is 162 Å². The number of hydrogen-bond donors (Lipinski definition) is 1. The fraction of sp³-hybridized carbons (Fsp3) is 0.286. The summed E-state index contributed by atoms with van der Waals surface area (Å²) in [5, 5.41) is 7.25. The van der Waals surface area contributed by atoms with E-state index in [1.54, 1.807) is 26.6 Å². The number of aromatic amines is 1. The summed E-state index contributed by atoms with van der Waals surface area (Å²) in [4.78, 5) is 19.1. The van der Waals surface area contributed by atoms with Gasteiger partial charge in [-0.05, 0) is 42.2 Å². The third-order valence-electron chi connectivity index (χ3n) is 5.40. The molecule has 1 aliphatic heterocycles. The molecule has 0 unspecified atom stereocenters. The van der Waals surface area contributed by atoms with Crippen molar-refractivity contribution in [2.24, 2.45) is 0 Å². The minimum atomic E-state index is 0.0234. The number of carbonyl (C=O) groups is 1. The molecule has 0 saturated heterocycles. The molecule has 0 atom stereocenters.